The summed E-state index contributed by atoms with van der Waals surface area (Å²) in [5, 5.41) is 12.4. The van der Waals surface area contributed by atoms with Crippen LogP contribution in [0.1, 0.15) is 0 Å². The average molecular weight is 315 g/mol. The van der Waals surface area contributed by atoms with E-state index in [2.05, 4.69) is 15.4 Å². The lowest BCUT2D eigenvalue weighted by molar-refractivity contribution is -0.126. The van der Waals surface area contributed by atoms with E-state index in [-0.39, 0.29) is 19.0 Å². The number of hydrogen-bond donors (Lipinski definition) is 4. The molecule has 2 heterocycles. The van der Waals surface area contributed by atoms with Gasteiger partial charge in [0.2, 0.25) is 22.7 Å². The molecule has 1 fully saturated rings. The highest BCUT2D eigenvalue weighted by atomic mass is 32.2. The van der Waals surface area contributed by atoms with Gasteiger partial charge in [-0.25, -0.2) is 8.42 Å². The van der Waals surface area contributed by atoms with Crippen molar-refractivity contribution in [2.75, 3.05) is 18.1 Å². The maximum Gasteiger partial charge on any atom is 0.246 e. The number of fused-ring (bicyclic) bond motifs is 1. The number of nitrogens with one attached hydrogen (secondary N) is 3. The van der Waals surface area contributed by atoms with Gasteiger partial charge >= 0.3 is 0 Å². The molecule has 0 bridgehead atoms. The third-order valence-corrected chi connectivity index (χ3v) is 4.73. The van der Waals surface area contributed by atoms with Crippen molar-refractivity contribution in [2.24, 2.45) is 0 Å². The Morgan fingerprint density at radius 1 is 1.29 bits per heavy atom. The Morgan fingerprint density at radius 2 is 2.05 bits per heavy atom. The van der Waals surface area contributed by atoms with Crippen LogP contribution in [0.3, 0.4) is 0 Å². The highest BCUT2D eigenvalue weighted by Gasteiger charge is 2.37. The number of carbonyl (C=O) groups excluding carboxylic acids is 1. The zero-order chi connectivity index (χ0) is 15.0. The smallest absolute Gasteiger partial charge is 0.246 e. The molecule has 0 aliphatic carbocycles. The van der Waals surface area contributed by atoms with Crippen LogP contribution in [-0.4, -0.2) is 44.4 Å². The maximum atomic E-state index is 12.2. The quantitative estimate of drug-likeness (QED) is 0.536. The van der Waals surface area contributed by atoms with E-state index in [0.717, 1.165) is 0 Å². The van der Waals surface area contributed by atoms with Crippen LogP contribution in [0.25, 0.3) is 0 Å². The second kappa shape index (κ2) is 5.06. The van der Waals surface area contributed by atoms with E-state index in [0.29, 0.717) is 11.5 Å². The Morgan fingerprint density at radius 3 is 2.81 bits per heavy atom. The van der Waals surface area contributed by atoms with Crippen LogP contribution < -0.4 is 24.8 Å². The number of ether oxygens (including phenoxy) is 2. The third-order valence-electron chi connectivity index (χ3n) is 3.08. The minimum atomic E-state index is -3.96. The predicted octanol–water partition coefficient (Wildman–Crippen LogP) is -1.48. The number of rotatable bonds is 3. The highest BCUT2D eigenvalue weighted by molar-refractivity contribution is 7.94. The van der Waals surface area contributed by atoms with Crippen molar-refractivity contribution in [1.82, 2.24) is 10.6 Å². The largest absolute Gasteiger partial charge is 0.454 e. The third kappa shape index (κ3) is 2.73. The van der Waals surface area contributed by atoms with Crippen LogP contribution in [0.2, 0.25) is 0 Å². The Bertz CT molecular complexity index is 677. The van der Waals surface area contributed by atoms with Crippen molar-refractivity contribution in [3.05, 3.63) is 18.2 Å². The van der Waals surface area contributed by atoms with Crippen LogP contribution in [-0.2, 0) is 14.8 Å². The summed E-state index contributed by atoms with van der Waals surface area (Å²) in [6.45, 7) is -0.106. The molecule has 1 amide bonds. The van der Waals surface area contributed by atoms with E-state index in [1.165, 1.54) is 12.1 Å². The zero-order valence-corrected chi connectivity index (χ0v) is 11.5. The van der Waals surface area contributed by atoms with Gasteiger partial charge in [-0.05, 0) is 12.1 Å². The molecule has 0 spiro atoms. The van der Waals surface area contributed by atoms with Gasteiger partial charge in [0.25, 0.3) is 0 Å². The monoisotopic (exact) mass is 315 g/mol. The number of aliphatic hydroxyl groups excluding tert-OH is 1. The summed E-state index contributed by atoms with van der Waals surface area (Å²) in [4.78, 5) is 11.7. The molecule has 2 aliphatic rings. The second-order valence-corrected chi connectivity index (χ2v) is 6.39. The second-order valence-electron chi connectivity index (χ2n) is 4.52. The summed E-state index contributed by atoms with van der Waals surface area (Å²) in [7, 11) is -3.96. The van der Waals surface area contributed by atoms with Crippen LogP contribution in [0.5, 0.6) is 11.5 Å². The van der Waals surface area contributed by atoms with Gasteiger partial charge in [0.05, 0.1) is 5.69 Å². The maximum absolute atomic E-state index is 12.2. The highest BCUT2D eigenvalue weighted by Crippen LogP contribution is 2.34. The minimum Gasteiger partial charge on any atom is -0.454 e. The molecule has 9 nitrogen and oxygen atoms in total. The first-order valence-electron chi connectivity index (χ1n) is 6.09. The van der Waals surface area contributed by atoms with Gasteiger partial charge in [0.1, 0.15) is 0 Å². The van der Waals surface area contributed by atoms with Crippen molar-refractivity contribution in [1.29, 1.82) is 0 Å². The molecule has 1 aromatic rings. The molecular weight excluding hydrogens is 302 g/mol. The van der Waals surface area contributed by atoms with E-state index < -0.39 is 27.5 Å². The Balaban J connectivity index is 1.78. The number of aliphatic hydroxyl groups is 1. The first-order chi connectivity index (χ1) is 9.95. The van der Waals surface area contributed by atoms with Crippen molar-refractivity contribution in [3.63, 3.8) is 0 Å². The van der Waals surface area contributed by atoms with Gasteiger partial charge in [0.15, 0.2) is 23.1 Å². The molecule has 114 valence electrons. The molecule has 0 saturated carbocycles. The molecule has 2 atom stereocenters. The topological polar surface area (TPSA) is 126 Å². The first kappa shape index (κ1) is 13.9. The van der Waals surface area contributed by atoms with Crippen molar-refractivity contribution in [3.8, 4) is 11.5 Å². The molecular formula is C11H13N3O6S. The van der Waals surface area contributed by atoms with Gasteiger partial charge in [0, 0.05) is 12.6 Å². The molecule has 4 N–H and O–H groups in total. The van der Waals surface area contributed by atoms with Gasteiger partial charge in [-0.15, -0.1) is 0 Å². The summed E-state index contributed by atoms with van der Waals surface area (Å²) < 4.78 is 37.0. The lowest BCUT2D eigenvalue weighted by Gasteiger charge is -2.27. The number of anilines is 1. The Labute approximate surface area is 120 Å². The predicted molar refractivity (Wildman–Crippen MR) is 71.0 cm³/mol. The molecule has 2 aliphatic heterocycles. The number of hydrogen-bond acceptors (Lipinski definition) is 7. The van der Waals surface area contributed by atoms with Crippen molar-refractivity contribution < 1.29 is 27.8 Å². The Hall–Kier alpha value is -2.04. The van der Waals surface area contributed by atoms with E-state index in [1.54, 1.807) is 6.07 Å². The van der Waals surface area contributed by atoms with Crippen LogP contribution in [0.4, 0.5) is 5.69 Å². The van der Waals surface area contributed by atoms with Gasteiger partial charge in [-0.3, -0.25) is 14.8 Å². The van der Waals surface area contributed by atoms with Gasteiger partial charge in [-0.2, -0.15) is 0 Å². The standard InChI is InChI=1S/C11H13N3O6S/c15-10-9(4-12-11(16)13-10)21(17,18)14-6-1-2-7-8(3-6)20-5-19-7/h1-3,9,11-12,14,16H,4-5H2,(H,13,15). The van der Waals surface area contributed by atoms with Crippen LogP contribution in [0.15, 0.2) is 18.2 Å². The fourth-order valence-corrected chi connectivity index (χ4v) is 3.30. The van der Waals surface area contributed by atoms with E-state index in [1.807, 2.05) is 0 Å². The summed E-state index contributed by atoms with van der Waals surface area (Å²) in [6, 6.07) is 4.56. The molecule has 1 aromatic carbocycles. The average Bonchev–Trinajstić information content (AvgIpc) is 2.85. The van der Waals surface area contributed by atoms with Crippen LogP contribution in [0, 0.1) is 0 Å². The molecule has 21 heavy (non-hydrogen) atoms. The van der Waals surface area contributed by atoms with E-state index >= 15 is 0 Å². The van der Waals surface area contributed by atoms with E-state index in [4.69, 9.17) is 14.6 Å². The molecule has 1 saturated heterocycles. The number of benzene rings is 1. The van der Waals surface area contributed by atoms with Crippen molar-refractivity contribution in [2.45, 2.75) is 11.6 Å². The summed E-state index contributed by atoms with van der Waals surface area (Å²) in [5.74, 6) is 0.185. The Kier molecular flexibility index (Phi) is 3.35. The summed E-state index contributed by atoms with van der Waals surface area (Å²) in [5.41, 5.74) is 0.262. The normalized spacial score (nSPS) is 24.5. The molecule has 0 aromatic heterocycles. The number of sulfonamides is 1. The lowest BCUT2D eigenvalue weighted by Crippen LogP contribution is -2.61. The molecule has 3 rings (SSSR count). The fourth-order valence-electron chi connectivity index (χ4n) is 2.04. The number of carbonyl (C=O) groups is 1. The van der Waals surface area contributed by atoms with Crippen LogP contribution >= 0.6 is 0 Å². The zero-order valence-electron chi connectivity index (χ0n) is 10.7. The summed E-state index contributed by atoms with van der Waals surface area (Å²) in [6.07, 6.45) is -1.24. The number of amides is 1. The van der Waals surface area contributed by atoms with Gasteiger partial charge < -0.3 is 19.9 Å². The molecule has 2 unspecified atom stereocenters. The van der Waals surface area contributed by atoms with Gasteiger partial charge in [-0.1, -0.05) is 0 Å². The van der Waals surface area contributed by atoms with E-state index in [9.17, 15) is 13.2 Å². The summed E-state index contributed by atoms with van der Waals surface area (Å²) >= 11 is 0. The molecule has 10 heteroatoms. The molecule has 0 radical (unpaired) electrons. The van der Waals surface area contributed by atoms with Crippen molar-refractivity contribution >= 4 is 21.6 Å². The SMILES string of the molecule is O=C1NC(O)NCC1S(=O)(=O)Nc1ccc2c(c1)OCO2. The lowest BCUT2D eigenvalue weighted by atomic mass is 10.3. The minimum absolute atomic E-state index is 0.0817. The fraction of sp³-hybridized carbons (Fsp3) is 0.364. The first-order valence-corrected chi connectivity index (χ1v) is 7.63.